The number of likely N-dealkylation sites (N-methyl/N-ethyl adjacent to an activating group) is 1. The Morgan fingerprint density at radius 3 is 2.24 bits per heavy atom. The van der Waals surface area contributed by atoms with E-state index in [1.165, 1.54) is 34.1 Å². The third-order valence-electron chi connectivity index (χ3n) is 5.65. The summed E-state index contributed by atoms with van der Waals surface area (Å²) >= 11 is 0. The number of nitrogens with one attached hydrogen (secondary N) is 3. The Bertz CT molecular complexity index is 911. The van der Waals surface area contributed by atoms with E-state index in [2.05, 4.69) is 36.0 Å². The van der Waals surface area contributed by atoms with E-state index in [0.717, 1.165) is 37.4 Å². The number of hydrogen-bond acceptors (Lipinski definition) is 3. The Morgan fingerprint density at radius 2 is 1.66 bits per heavy atom. The van der Waals surface area contributed by atoms with E-state index in [1.54, 1.807) is 0 Å². The topological polar surface area (TPSA) is 58.3 Å². The molecule has 1 aliphatic heterocycles. The molecule has 158 valence electrons. The van der Waals surface area contributed by atoms with Crippen LogP contribution in [0.4, 0.5) is 10.1 Å². The van der Waals surface area contributed by atoms with Gasteiger partial charge in [0.1, 0.15) is 42.9 Å². The molecule has 0 aromatic heterocycles. The molecule has 1 atom stereocenters. The molecule has 2 aromatic rings. The molecule has 2 aromatic carbocycles. The number of nitrogens with zero attached hydrogens (tertiary/aromatic N) is 1. The van der Waals surface area contributed by atoms with E-state index in [1.807, 2.05) is 19.0 Å². The van der Waals surface area contributed by atoms with Gasteiger partial charge in [-0.2, -0.15) is 0 Å². The first-order valence-electron chi connectivity index (χ1n) is 9.95. The van der Waals surface area contributed by atoms with Gasteiger partial charge in [-0.25, -0.2) is 17.5 Å². The van der Waals surface area contributed by atoms with Crippen molar-refractivity contribution in [2.24, 2.45) is 0 Å². The first-order chi connectivity index (χ1) is 13.8. The molecule has 0 radical (unpaired) electrons. The van der Waals surface area contributed by atoms with Crippen molar-refractivity contribution in [2.45, 2.75) is 10.9 Å². The van der Waals surface area contributed by atoms with Gasteiger partial charge in [0.05, 0.1) is 13.6 Å². The minimum atomic E-state index is -3.92. The van der Waals surface area contributed by atoms with Crippen molar-refractivity contribution in [3.8, 4) is 0 Å². The molecule has 0 saturated carbocycles. The van der Waals surface area contributed by atoms with Gasteiger partial charge in [0.15, 0.2) is 0 Å². The predicted molar refractivity (Wildman–Crippen MR) is 112 cm³/mol. The molecule has 1 saturated heterocycles. The molecule has 0 unspecified atom stereocenters. The van der Waals surface area contributed by atoms with Crippen LogP contribution < -0.4 is 19.4 Å². The molecule has 0 aliphatic carbocycles. The fourth-order valence-corrected chi connectivity index (χ4v) is 4.91. The Kier molecular flexibility index (Phi) is 6.89. The number of benzene rings is 2. The maximum absolute atomic E-state index is 14.0. The van der Waals surface area contributed by atoms with Crippen LogP contribution in [0, 0.1) is 5.82 Å². The highest BCUT2D eigenvalue weighted by atomic mass is 32.2. The van der Waals surface area contributed by atoms with Crippen LogP contribution in [0.15, 0.2) is 53.4 Å². The Labute approximate surface area is 173 Å². The zero-order chi connectivity index (χ0) is 21.0. The Morgan fingerprint density at radius 1 is 1.03 bits per heavy atom. The van der Waals surface area contributed by atoms with Crippen LogP contribution in [-0.4, -0.2) is 62.3 Å². The molecule has 29 heavy (non-hydrogen) atoms. The number of quaternary nitrogens is 2. The lowest BCUT2D eigenvalue weighted by Gasteiger charge is -2.33. The number of rotatable bonds is 7. The summed E-state index contributed by atoms with van der Waals surface area (Å²) in [5.41, 5.74) is 2.18. The summed E-state index contributed by atoms with van der Waals surface area (Å²) in [6, 6.07) is 13.7. The van der Waals surface area contributed by atoms with Gasteiger partial charge in [-0.15, -0.1) is 0 Å². The maximum atomic E-state index is 14.0. The Balaban J connectivity index is 1.82. The van der Waals surface area contributed by atoms with Gasteiger partial charge >= 0.3 is 0 Å². The first kappa shape index (κ1) is 21.7. The van der Waals surface area contributed by atoms with Crippen molar-refractivity contribution in [3.05, 3.63) is 59.9 Å². The van der Waals surface area contributed by atoms with Crippen molar-refractivity contribution in [1.82, 2.24) is 4.72 Å². The van der Waals surface area contributed by atoms with E-state index in [-0.39, 0.29) is 17.5 Å². The average Bonchev–Trinajstić information content (AvgIpc) is 2.70. The lowest BCUT2D eigenvalue weighted by Crippen LogP contribution is -3.27. The number of anilines is 1. The zero-order valence-electron chi connectivity index (χ0n) is 17.3. The van der Waals surface area contributed by atoms with E-state index < -0.39 is 15.8 Å². The highest BCUT2D eigenvalue weighted by Gasteiger charge is 2.31. The van der Waals surface area contributed by atoms with Crippen molar-refractivity contribution in [1.29, 1.82) is 0 Å². The molecule has 8 heteroatoms. The maximum Gasteiger partial charge on any atom is 0.243 e. The predicted octanol–water partition coefficient (Wildman–Crippen LogP) is -0.675. The standard InChI is InChI=1S/C21H29FN4O2S/c1-24(2)18-10-8-17(9-11-18)20(26-14-12-25(3)13-15-26)16-23-29(27,28)21-7-5-4-6-19(21)22/h4-11,20,23H,12-16H2,1-3H3/p+2/t20-/m1/s1. The Hall–Kier alpha value is -2.00. The largest absolute Gasteiger partial charge is 0.378 e. The second kappa shape index (κ2) is 9.21. The van der Waals surface area contributed by atoms with E-state index in [9.17, 15) is 12.8 Å². The summed E-state index contributed by atoms with van der Waals surface area (Å²) in [7, 11) is 2.24. The van der Waals surface area contributed by atoms with Gasteiger partial charge in [0.2, 0.25) is 10.0 Å². The van der Waals surface area contributed by atoms with Gasteiger partial charge in [0.25, 0.3) is 0 Å². The van der Waals surface area contributed by atoms with Crippen LogP contribution in [-0.2, 0) is 10.0 Å². The van der Waals surface area contributed by atoms with Crippen LogP contribution >= 0.6 is 0 Å². The molecule has 3 rings (SSSR count). The van der Waals surface area contributed by atoms with E-state index in [0.29, 0.717) is 0 Å². The number of hydrogen-bond donors (Lipinski definition) is 3. The van der Waals surface area contributed by atoms with Crippen molar-refractivity contribution >= 4 is 15.7 Å². The number of halogens is 1. The van der Waals surface area contributed by atoms with Crippen molar-refractivity contribution in [3.63, 3.8) is 0 Å². The summed E-state index contributed by atoms with van der Waals surface area (Å²) < 4.78 is 42.1. The highest BCUT2D eigenvalue weighted by Crippen LogP contribution is 2.18. The fraction of sp³-hybridized carbons (Fsp3) is 0.429. The molecule has 0 bridgehead atoms. The smallest absolute Gasteiger partial charge is 0.243 e. The normalized spacial score (nSPS) is 21.0. The van der Waals surface area contributed by atoms with Crippen LogP contribution in [0.5, 0.6) is 0 Å². The molecular formula is C21H31FN4O2S+2. The molecule has 0 amide bonds. The van der Waals surface area contributed by atoms with E-state index in [4.69, 9.17) is 0 Å². The lowest BCUT2D eigenvalue weighted by atomic mass is 10.0. The average molecular weight is 423 g/mol. The summed E-state index contributed by atoms with van der Waals surface area (Å²) in [5.74, 6) is -0.734. The second-order valence-electron chi connectivity index (χ2n) is 7.94. The SMILES string of the molecule is CN(C)c1ccc([C@@H](CNS(=O)(=O)c2ccccc2F)[NH+]2CC[NH+](C)CC2)cc1. The third kappa shape index (κ3) is 5.33. The van der Waals surface area contributed by atoms with Crippen molar-refractivity contribution in [2.75, 3.05) is 58.8 Å². The zero-order valence-corrected chi connectivity index (χ0v) is 18.1. The van der Waals surface area contributed by atoms with Crippen LogP contribution in [0.2, 0.25) is 0 Å². The monoisotopic (exact) mass is 422 g/mol. The summed E-state index contributed by atoms with van der Waals surface area (Å²) in [5, 5.41) is 0. The van der Waals surface area contributed by atoms with Crippen LogP contribution in [0.1, 0.15) is 11.6 Å². The van der Waals surface area contributed by atoms with Gasteiger partial charge in [-0.1, -0.05) is 24.3 Å². The lowest BCUT2D eigenvalue weighted by molar-refractivity contribution is -1.02. The van der Waals surface area contributed by atoms with Crippen LogP contribution in [0.3, 0.4) is 0 Å². The molecule has 1 fully saturated rings. The quantitative estimate of drug-likeness (QED) is 0.555. The van der Waals surface area contributed by atoms with Crippen LogP contribution in [0.25, 0.3) is 0 Å². The molecule has 3 N–H and O–H groups in total. The van der Waals surface area contributed by atoms with Gasteiger partial charge < -0.3 is 14.7 Å². The minimum absolute atomic E-state index is 0.0270. The molecule has 6 nitrogen and oxygen atoms in total. The van der Waals surface area contributed by atoms with Gasteiger partial charge in [0, 0.05) is 25.3 Å². The summed E-state index contributed by atoms with van der Waals surface area (Å²) in [6.07, 6.45) is 0. The third-order valence-corrected chi connectivity index (χ3v) is 7.11. The van der Waals surface area contributed by atoms with E-state index >= 15 is 0 Å². The fourth-order valence-electron chi connectivity index (χ4n) is 3.78. The molecule has 0 spiro atoms. The summed E-state index contributed by atoms with van der Waals surface area (Å²) in [6.45, 7) is 4.25. The van der Waals surface area contributed by atoms with Crippen molar-refractivity contribution < 1.29 is 22.6 Å². The molecule has 1 heterocycles. The van der Waals surface area contributed by atoms with Gasteiger partial charge in [-0.3, -0.25) is 0 Å². The summed E-state index contributed by atoms with van der Waals surface area (Å²) in [4.78, 5) is 4.57. The second-order valence-corrected chi connectivity index (χ2v) is 9.67. The first-order valence-corrected chi connectivity index (χ1v) is 11.4. The number of piperazine rings is 1. The minimum Gasteiger partial charge on any atom is -0.378 e. The molecule has 1 aliphatic rings. The van der Waals surface area contributed by atoms with Gasteiger partial charge in [-0.05, 0) is 24.3 Å². The number of sulfonamides is 1. The highest BCUT2D eigenvalue weighted by molar-refractivity contribution is 7.89. The molecular weight excluding hydrogens is 391 g/mol.